The van der Waals surface area contributed by atoms with Crippen LogP contribution in [0.1, 0.15) is 25.7 Å². The van der Waals surface area contributed by atoms with E-state index >= 15 is 0 Å². The molecule has 0 spiro atoms. The summed E-state index contributed by atoms with van der Waals surface area (Å²) in [6.45, 7) is 0.586. The van der Waals surface area contributed by atoms with Gasteiger partial charge in [-0.25, -0.2) is 4.39 Å². The van der Waals surface area contributed by atoms with Crippen LogP contribution in [-0.4, -0.2) is 12.4 Å². The van der Waals surface area contributed by atoms with Crippen LogP contribution in [0.3, 0.4) is 0 Å². The second kappa shape index (κ2) is 7.34. The molecule has 4 nitrogen and oxygen atoms in total. The molecule has 1 aliphatic heterocycles. The van der Waals surface area contributed by atoms with Crippen molar-refractivity contribution in [2.24, 2.45) is 16.5 Å². The van der Waals surface area contributed by atoms with Crippen molar-refractivity contribution in [3.05, 3.63) is 41.5 Å². The third-order valence-corrected chi connectivity index (χ3v) is 3.00. The van der Waals surface area contributed by atoms with E-state index in [0.29, 0.717) is 49.5 Å². The molecule has 0 bridgehead atoms. The highest BCUT2D eigenvalue weighted by Crippen LogP contribution is 2.21. The van der Waals surface area contributed by atoms with E-state index < -0.39 is 5.82 Å². The Kier molecular flexibility index (Phi) is 5.22. The summed E-state index contributed by atoms with van der Waals surface area (Å²) in [4.78, 5) is 4.20. The standard InChI is InChI=1S/C16H18FN3O/c17-12-6-3-4-7-14(12)21-15-8-2-1-5-11-20-16(19)10-9-13(15)18/h3-4,6-7H,5,8-11,18H2,(H2,19,20)/b15-13-. The number of allylic oxidation sites excluding steroid dienone is 2. The third-order valence-electron chi connectivity index (χ3n) is 3.00. The number of benzene rings is 1. The molecule has 0 aromatic heterocycles. The molecule has 1 aliphatic rings. The van der Waals surface area contributed by atoms with Gasteiger partial charge in [-0.15, -0.1) is 5.92 Å². The van der Waals surface area contributed by atoms with Gasteiger partial charge >= 0.3 is 0 Å². The fraction of sp³-hybridized carbons (Fsp3) is 0.312. The molecule has 0 atom stereocenters. The number of amidine groups is 1. The number of ether oxygens (including phenoxy) is 1. The predicted molar refractivity (Wildman–Crippen MR) is 81.0 cm³/mol. The number of halogens is 1. The van der Waals surface area contributed by atoms with Crippen LogP contribution >= 0.6 is 0 Å². The van der Waals surface area contributed by atoms with E-state index in [1.54, 1.807) is 18.2 Å². The molecule has 0 fully saturated rings. The summed E-state index contributed by atoms with van der Waals surface area (Å²) < 4.78 is 19.3. The number of para-hydroxylation sites is 1. The molecule has 0 saturated heterocycles. The quantitative estimate of drug-likeness (QED) is 0.820. The van der Waals surface area contributed by atoms with Gasteiger partial charge in [0.2, 0.25) is 0 Å². The number of hydrogen-bond acceptors (Lipinski definition) is 4. The topological polar surface area (TPSA) is 73.6 Å². The van der Waals surface area contributed by atoms with Gasteiger partial charge in [-0.3, -0.25) is 4.99 Å². The van der Waals surface area contributed by atoms with Gasteiger partial charge in [-0.1, -0.05) is 18.1 Å². The molecule has 5 heteroatoms. The van der Waals surface area contributed by atoms with E-state index in [1.165, 1.54) is 6.07 Å². The average Bonchev–Trinajstić information content (AvgIpc) is 2.51. The largest absolute Gasteiger partial charge is 0.456 e. The Morgan fingerprint density at radius 3 is 2.76 bits per heavy atom. The predicted octanol–water partition coefficient (Wildman–Crippen LogP) is 2.31. The van der Waals surface area contributed by atoms with E-state index in [-0.39, 0.29) is 5.75 Å². The van der Waals surface area contributed by atoms with E-state index in [0.717, 1.165) is 0 Å². The highest BCUT2D eigenvalue weighted by Gasteiger charge is 2.10. The summed E-state index contributed by atoms with van der Waals surface area (Å²) in [6.07, 6.45) is 2.05. The first-order valence-corrected chi connectivity index (χ1v) is 6.81. The first kappa shape index (κ1) is 14.9. The molecule has 2 rings (SSSR count). The Balaban J connectivity index is 2.22. The van der Waals surface area contributed by atoms with Crippen LogP contribution in [0.4, 0.5) is 4.39 Å². The number of hydrogen-bond donors (Lipinski definition) is 2. The summed E-state index contributed by atoms with van der Waals surface area (Å²) in [5.41, 5.74) is 12.3. The molecular weight excluding hydrogens is 269 g/mol. The van der Waals surface area contributed by atoms with Gasteiger partial charge in [0, 0.05) is 18.5 Å². The Bertz CT molecular complexity index is 626. The Hall–Kier alpha value is -2.48. The minimum absolute atomic E-state index is 0.147. The van der Waals surface area contributed by atoms with Crippen LogP contribution in [0.2, 0.25) is 0 Å². The van der Waals surface area contributed by atoms with Crippen molar-refractivity contribution in [1.29, 1.82) is 0 Å². The molecule has 1 heterocycles. The fourth-order valence-electron chi connectivity index (χ4n) is 1.84. The van der Waals surface area contributed by atoms with Crippen LogP contribution in [0.25, 0.3) is 0 Å². The zero-order valence-electron chi connectivity index (χ0n) is 11.7. The number of nitrogens with two attached hydrogens (primary N) is 2. The van der Waals surface area contributed by atoms with Crippen LogP contribution in [0, 0.1) is 17.7 Å². The van der Waals surface area contributed by atoms with Crippen molar-refractivity contribution in [3.8, 4) is 17.6 Å². The molecule has 110 valence electrons. The van der Waals surface area contributed by atoms with Gasteiger partial charge in [-0.2, -0.15) is 0 Å². The molecule has 1 aromatic carbocycles. The molecule has 0 saturated carbocycles. The third kappa shape index (κ3) is 4.53. The molecule has 1 aromatic rings. The maximum absolute atomic E-state index is 13.7. The lowest BCUT2D eigenvalue weighted by Crippen LogP contribution is -2.15. The summed E-state index contributed by atoms with van der Waals surface area (Å²) in [6, 6.07) is 6.21. The number of nitrogens with zero attached hydrogens (tertiary/aromatic N) is 1. The van der Waals surface area contributed by atoms with E-state index in [2.05, 4.69) is 16.8 Å². The summed E-state index contributed by atoms with van der Waals surface area (Å²) >= 11 is 0. The lowest BCUT2D eigenvalue weighted by atomic mass is 10.2. The number of rotatable bonds is 2. The van der Waals surface area contributed by atoms with Crippen molar-refractivity contribution >= 4 is 5.84 Å². The molecule has 0 amide bonds. The van der Waals surface area contributed by atoms with Gasteiger partial charge in [0.1, 0.15) is 5.76 Å². The van der Waals surface area contributed by atoms with Crippen molar-refractivity contribution in [2.75, 3.05) is 6.54 Å². The maximum Gasteiger partial charge on any atom is 0.165 e. The molecule has 0 radical (unpaired) electrons. The van der Waals surface area contributed by atoms with Crippen LogP contribution in [-0.2, 0) is 0 Å². The summed E-state index contributed by atoms with van der Waals surface area (Å²) in [7, 11) is 0. The van der Waals surface area contributed by atoms with Gasteiger partial charge in [-0.05, 0) is 18.6 Å². The second-order valence-electron chi connectivity index (χ2n) is 4.63. The summed E-state index contributed by atoms with van der Waals surface area (Å²) in [5, 5.41) is 0. The zero-order chi connectivity index (χ0) is 15.1. The molecule has 21 heavy (non-hydrogen) atoms. The Labute approximate surface area is 123 Å². The van der Waals surface area contributed by atoms with Crippen molar-refractivity contribution in [3.63, 3.8) is 0 Å². The zero-order valence-corrected chi connectivity index (χ0v) is 11.7. The lowest BCUT2D eigenvalue weighted by Gasteiger charge is -2.12. The van der Waals surface area contributed by atoms with Crippen molar-refractivity contribution in [1.82, 2.24) is 0 Å². The van der Waals surface area contributed by atoms with Gasteiger partial charge in [0.15, 0.2) is 11.6 Å². The molecule has 0 aliphatic carbocycles. The smallest absolute Gasteiger partial charge is 0.165 e. The van der Waals surface area contributed by atoms with Gasteiger partial charge < -0.3 is 16.2 Å². The van der Waals surface area contributed by atoms with E-state index in [4.69, 9.17) is 16.2 Å². The van der Waals surface area contributed by atoms with Gasteiger partial charge in [0.25, 0.3) is 0 Å². The lowest BCUT2D eigenvalue weighted by molar-refractivity contribution is 0.382. The highest BCUT2D eigenvalue weighted by atomic mass is 19.1. The fourth-order valence-corrected chi connectivity index (χ4v) is 1.84. The molecule has 4 N–H and O–H groups in total. The van der Waals surface area contributed by atoms with Gasteiger partial charge in [0.05, 0.1) is 18.8 Å². The normalized spacial score (nSPS) is 22.2. The van der Waals surface area contributed by atoms with Crippen LogP contribution in [0.5, 0.6) is 5.75 Å². The SMILES string of the molecule is N/C1=C(\Oc2ccccc2F)CC#CCC/N=C(/N)CC1. The minimum Gasteiger partial charge on any atom is -0.456 e. The first-order chi connectivity index (χ1) is 10.2. The Morgan fingerprint density at radius 2 is 1.95 bits per heavy atom. The van der Waals surface area contributed by atoms with Crippen molar-refractivity contribution < 1.29 is 9.13 Å². The highest BCUT2D eigenvalue weighted by molar-refractivity contribution is 5.80. The Morgan fingerprint density at radius 1 is 1.14 bits per heavy atom. The van der Waals surface area contributed by atoms with Crippen LogP contribution in [0.15, 0.2) is 40.7 Å². The second-order valence-corrected chi connectivity index (χ2v) is 4.63. The molecular formula is C16H18FN3O. The minimum atomic E-state index is -0.429. The van der Waals surface area contributed by atoms with E-state index in [1.807, 2.05) is 0 Å². The summed E-state index contributed by atoms with van der Waals surface area (Å²) in [5.74, 6) is 6.69. The monoisotopic (exact) mass is 287 g/mol. The first-order valence-electron chi connectivity index (χ1n) is 6.81. The van der Waals surface area contributed by atoms with E-state index in [9.17, 15) is 4.39 Å². The number of aliphatic imine (C=N–C) groups is 1. The average molecular weight is 287 g/mol. The maximum atomic E-state index is 13.7. The van der Waals surface area contributed by atoms with Crippen molar-refractivity contribution in [2.45, 2.75) is 25.7 Å². The van der Waals surface area contributed by atoms with Crippen LogP contribution < -0.4 is 16.2 Å². The molecule has 0 unspecified atom stereocenters.